The van der Waals surface area contributed by atoms with Crippen molar-refractivity contribution in [3.8, 4) is 5.75 Å². The molecule has 0 radical (unpaired) electrons. The minimum absolute atomic E-state index is 0.00758. The van der Waals surface area contributed by atoms with Gasteiger partial charge in [-0.1, -0.05) is 12.1 Å². The zero-order chi connectivity index (χ0) is 22.3. The maximum atomic E-state index is 12.9. The van der Waals surface area contributed by atoms with Crippen LogP contribution in [0.1, 0.15) is 12.0 Å². The standard InChI is InChI=1S/C22H28FN3O4S/c1-30-21-9-7-20(8-10-21)25-12-14-26(15-13-25)31(28,29)16-2-11-24-22(27)17-18-3-5-19(23)6-4-18/h3-10H,2,11-17H2,1H3,(H,24,27). The van der Waals surface area contributed by atoms with E-state index in [0.29, 0.717) is 38.2 Å². The molecule has 0 unspecified atom stereocenters. The molecule has 7 nitrogen and oxygen atoms in total. The van der Waals surface area contributed by atoms with E-state index in [2.05, 4.69) is 10.2 Å². The second-order valence-corrected chi connectivity index (χ2v) is 9.50. The minimum Gasteiger partial charge on any atom is -0.497 e. The van der Waals surface area contributed by atoms with E-state index in [1.807, 2.05) is 24.3 Å². The van der Waals surface area contributed by atoms with Crippen molar-refractivity contribution in [1.29, 1.82) is 0 Å². The number of piperazine rings is 1. The highest BCUT2D eigenvalue weighted by atomic mass is 32.2. The Morgan fingerprint density at radius 3 is 2.29 bits per heavy atom. The number of carbonyl (C=O) groups is 1. The monoisotopic (exact) mass is 449 g/mol. The maximum absolute atomic E-state index is 12.9. The van der Waals surface area contributed by atoms with Gasteiger partial charge in [0.05, 0.1) is 19.3 Å². The number of nitrogens with one attached hydrogen (secondary N) is 1. The summed E-state index contributed by atoms with van der Waals surface area (Å²) in [6.45, 7) is 2.40. The van der Waals surface area contributed by atoms with E-state index in [4.69, 9.17) is 4.74 Å². The molecule has 1 N–H and O–H groups in total. The Morgan fingerprint density at radius 1 is 1.03 bits per heavy atom. The molecule has 0 saturated carbocycles. The number of hydrogen-bond acceptors (Lipinski definition) is 5. The first-order valence-electron chi connectivity index (χ1n) is 10.3. The first kappa shape index (κ1) is 23.0. The van der Waals surface area contributed by atoms with Gasteiger partial charge in [0.25, 0.3) is 0 Å². The molecule has 0 bridgehead atoms. The van der Waals surface area contributed by atoms with E-state index in [9.17, 15) is 17.6 Å². The number of anilines is 1. The Hall–Kier alpha value is -2.65. The van der Waals surface area contributed by atoms with Gasteiger partial charge in [-0.05, 0) is 48.4 Å². The van der Waals surface area contributed by atoms with E-state index in [0.717, 1.165) is 11.4 Å². The Balaban J connectivity index is 1.38. The smallest absolute Gasteiger partial charge is 0.224 e. The highest BCUT2D eigenvalue weighted by molar-refractivity contribution is 7.89. The van der Waals surface area contributed by atoms with Crippen LogP contribution in [0.5, 0.6) is 5.75 Å². The molecule has 2 aromatic rings. The van der Waals surface area contributed by atoms with E-state index < -0.39 is 10.0 Å². The first-order valence-corrected chi connectivity index (χ1v) is 11.9. The SMILES string of the molecule is COc1ccc(N2CCN(S(=O)(=O)CCCNC(=O)Cc3ccc(F)cc3)CC2)cc1. The number of carbonyl (C=O) groups excluding carboxylic acids is 1. The Morgan fingerprint density at radius 2 is 1.68 bits per heavy atom. The summed E-state index contributed by atoms with van der Waals surface area (Å²) in [7, 11) is -1.75. The van der Waals surface area contributed by atoms with E-state index in [1.54, 1.807) is 19.2 Å². The summed E-state index contributed by atoms with van der Waals surface area (Å²) in [6.07, 6.45) is 0.483. The summed E-state index contributed by atoms with van der Waals surface area (Å²) in [4.78, 5) is 14.1. The van der Waals surface area contributed by atoms with E-state index in [1.165, 1.54) is 16.4 Å². The van der Waals surface area contributed by atoms with Gasteiger partial charge in [-0.15, -0.1) is 0 Å². The van der Waals surface area contributed by atoms with Crippen LogP contribution in [0, 0.1) is 5.82 Å². The van der Waals surface area contributed by atoms with Crippen LogP contribution in [0.2, 0.25) is 0 Å². The molecular weight excluding hydrogens is 421 g/mol. The van der Waals surface area contributed by atoms with Gasteiger partial charge in [0.1, 0.15) is 11.6 Å². The summed E-state index contributed by atoms with van der Waals surface area (Å²) < 4.78 is 44.8. The molecule has 1 fully saturated rings. The predicted octanol–water partition coefficient (Wildman–Crippen LogP) is 2.04. The molecule has 168 valence electrons. The third kappa shape index (κ3) is 6.67. The zero-order valence-corrected chi connectivity index (χ0v) is 18.4. The van der Waals surface area contributed by atoms with Crippen molar-refractivity contribution in [3.05, 3.63) is 59.9 Å². The zero-order valence-electron chi connectivity index (χ0n) is 17.6. The molecule has 31 heavy (non-hydrogen) atoms. The summed E-state index contributed by atoms with van der Waals surface area (Å²) in [5, 5.41) is 2.73. The second kappa shape index (κ2) is 10.6. The van der Waals surface area contributed by atoms with Crippen LogP contribution in [0.4, 0.5) is 10.1 Å². The van der Waals surface area contributed by atoms with Crippen molar-refractivity contribution < 1.29 is 22.3 Å². The first-order chi connectivity index (χ1) is 14.9. The fourth-order valence-corrected chi connectivity index (χ4v) is 4.97. The average Bonchev–Trinajstić information content (AvgIpc) is 2.78. The fourth-order valence-electron chi connectivity index (χ4n) is 3.48. The third-order valence-electron chi connectivity index (χ3n) is 5.25. The highest BCUT2D eigenvalue weighted by Gasteiger charge is 2.26. The van der Waals surface area contributed by atoms with Gasteiger partial charge in [0.2, 0.25) is 15.9 Å². The lowest BCUT2D eigenvalue weighted by molar-refractivity contribution is -0.120. The lowest BCUT2D eigenvalue weighted by Gasteiger charge is -2.35. The summed E-state index contributed by atoms with van der Waals surface area (Å²) in [5.41, 5.74) is 1.75. The highest BCUT2D eigenvalue weighted by Crippen LogP contribution is 2.21. The second-order valence-electron chi connectivity index (χ2n) is 7.41. The van der Waals surface area contributed by atoms with Crippen LogP contribution < -0.4 is 15.0 Å². The van der Waals surface area contributed by atoms with Crippen LogP contribution in [-0.2, 0) is 21.2 Å². The summed E-state index contributed by atoms with van der Waals surface area (Å²) in [6, 6.07) is 13.5. The van der Waals surface area contributed by atoms with Crippen LogP contribution >= 0.6 is 0 Å². The number of halogens is 1. The van der Waals surface area contributed by atoms with Crippen molar-refractivity contribution in [2.75, 3.05) is 50.5 Å². The molecule has 1 amide bonds. The van der Waals surface area contributed by atoms with Crippen molar-refractivity contribution in [2.24, 2.45) is 0 Å². The number of amides is 1. The fraction of sp³-hybridized carbons (Fsp3) is 0.409. The van der Waals surface area contributed by atoms with Crippen molar-refractivity contribution in [2.45, 2.75) is 12.8 Å². The molecule has 1 aliphatic rings. The molecule has 0 aliphatic carbocycles. The lowest BCUT2D eigenvalue weighted by atomic mass is 10.1. The number of benzene rings is 2. The summed E-state index contributed by atoms with van der Waals surface area (Å²) in [5.74, 6) is 0.220. The van der Waals surface area contributed by atoms with Crippen LogP contribution in [-0.4, -0.2) is 64.2 Å². The number of hydrogen-bond donors (Lipinski definition) is 1. The number of nitrogens with zero attached hydrogens (tertiary/aromatic N) is 2. The van der Waals surface area contributed by atoms with Gasteiger partial charge in [0, 0.05) is 38.4 Å². The van der Waals surface area contributed by atoms with Gasteiger partial charge in [-0.25, -0.2) is 12.8 Å². The van der Waals surface area contributed by atoms with Gasteiger partial charge < -0.3 is 15.0 Å². The van der Waals surface area contributed by atoms with E-state index in [-0.39, 0.29) is 30.4 Å². The van der Waals surface area contributed by atoms with Gasteiger partial charge >= 0.3 is 0 Å². The number of rotatable bonds is 9. The van der Waals surface area contributed by atoms with Crippen molar-refractivity contribution >= 4 is 21.6 Å². The molecule has 1 heterocycles. The topological polar surface area (TPSA) is 79.0 Å². The van der Waals surface area contributed by atoms with Gasteiger partial charge in [-0.3, -0.25) is 4.79 Å². The van der Waals surface area contributed by atoms with Crippen LogP contribution in [0.3, 0.4) is 0 Å². The van der Waals surface area contributed by atoms with Crippen LogP contribution in [0.15, 0.2) is 48.5 Å². The summed E-state index contributed by atoms with van der Waals surface area (Å²) >= 11 is 0. The molecule has 0 spiro atoms. The average molecular weight is 450 g/mol. The van der Waals surface area contributed by atoms with Crippen molar-refractivity contribution in [3.63, 3.8) is 0 Å². The van der Waals surface area contributed by atoms with Crippen molar-refractivity contribution in [1.82, 2.24) is 9.62 Å². The van der Waals surface area contributed by atoms with Gasteiger partial charge in [-0.2, -0.15) is 4.31 Å². The Bertz CT molecular complexity index is 957. The molecule has 1 saturated heterocycles. The van der Waals surface area contributed by atoms with Crippen LogP contribution in [0.25, 0.3) is 0 Å². The normalized spacial score (nSPS) is 15.0. The molecule has 0 atom stereocenters. The minimum atomic E-state index is -3.37. The number of ether oxygens (including phenoxy) is 1. The largest absolute Gasteiger partial charge is 0.497 e. The third-order valence-corrected chi connectivity index (χ3v) is 7.21. The lowest BCUT2D eigenvalue weighted by Crippen LogP contribution is -2.49. The molecule has 3 rings (SSSR count). The molecule has 9 heteroatoms. The van der Waals surface area contributed by atoms with Gasteiger partial charge in [0.15, 0.2) is 0 Å². The van der Waals surface area contributed by atoms with E-state index >= 15 is 0 Å². The maximum Gasteiger partial charge on any atom is 0.224 e. The molecule has 2 aromatic carbocycles. The number of sulfonamides is 1. The Kier molecular flexibility index (Phi) is 7.86. The predicted molar refractivity (Wildman–Crippen MR) is 118 cm³/mol. The quantitative estimate of drug-likeness (QED) is 0.593. The number of methoxy groups -OCH3 is 1. The molecule has 1 aliphatic heterocycles. The molecule has 0 aromatic heterocycles. The Labute approximate surface area is 182 Å². The molecular formula is C22H28FN3O4S.